The van der Waals surface area contributed by atoms with Gasteiger partial charge in [-0.15, -0.1) is 11.3 Å². The maximum atomic E-state index is 13.2. The predicted molar refractivity (Wildman–Crippen MR) is 153 cm³/mol. The molecule has 0 atom stereocenters. The Kier molecular flexibility index (Phi) is 6.95. The summed E-state index contributed by atoms with van der Waals surface area (Å²) in [4.78, 5) is 49.9. The normalized spacial score (nSPS) is 17.3. The first-order valence-electron chi connectivity index (χ1n) is 13.7. The molecule has 3 heterocycles. The van der Waals surface area contributed by atoms with Crippen LogP contribution in [0.2, 0.25) is 0 Å². The highest BCUT2D eigenvalue weighted by Crippen LogP contribution is 2.36. The van der Waals surface area contributed by atoms with E-state index in [1.54, 1.807) is 0 Å². The highest BCUT2D eigenvalue weighted by Gasteiger charge is 2.34. The van der Waals surface area contributed by atoms with E-state index >= 15 is 0 Å². The Morgan fingerprint density at radius 2 is 1.77 bits per heavy atom. The van der Waals surface area contributed by atoms with Gasteiger partial charge in [-0.3, -0.25) is 19.3 Å². The number of aryl methyl sites for hydroxylation is 2. The fourth-order valence-corrected chi connectivity index (χ4v) is 6.36. The lowest BCUT2D eigenvalue weighted by Crippen LogP contribution is -2.50. The van der Waals surface area contributed by atoms with Gasteiger partial charge in [0.15, 0.2) is 5.13 Å². The Morgan fingerprint density at radius 3 is 2.51 bits per heavy atom. The highest BCUT2D eigenvalue weighted by molar-refractivity contribution is 7.16. The van der Waals surface area contributed by atoms with E-state index in [4.69, 9.17) is 4.98 Å². The second-order valence-electron chi connectivity index (χ2n) is 10.7. The zero-order chi connectivity index (χ0) is 27.1. The number of hydrogen-bond acceptors (Lipinski definition) is 6. The molecule has 202 valence electrons. The van der Waals surface area contributed by atoms with Crippen LogP contribution < -0.4 is 10.2 Å². The number of hydrogen-bond donors (Lipinski definition) is 1. The van der Waals surface area contributed by atoms with Gasteiger partial charge in [-0.2, -0.15) is 0 Å². The fraction of sp³-hybridized carbons (Fsp3) is 0.400. The van der Waals surface area contributed by atoms with Crippen LogP contribution in [0.25, 0.3) is 11.3 Å². The molecule has 1 saturated carbocycles. The summed E-state index contributed by atoms with van der Waals surface area (Å²) < 4.78 is 0. The molecule has 3 aromatic rings. The summed E-state index contributed by atoms with van der Waals surface area (Å²) in [6.07, 6.45) is 2.84. The van der Waals surface area contributed by atoms with Gasteiger partial charge >= 0.3 is 0 Å². The number of thiazole rings is 1. The van der Waals surface area contributed by atoms with Crippen LogP contribution in [0.3, 0.4) is 0 Å². The molecular formula is C30H33N5O3S. The standard InChI is InChI=1S/C30H33N5O3S/c1-19-5-3-4-6-24(19)29(38)35-12-11-22-17-23(9-10-25(22)35)27-20(2)39-30(32-27)31-26(36)18-33-13-15-34(16-14-33)28(37)21-7-8-21/h3-6,9-10,17,21H,7-8,11-16,18H2,1-2H3,(H,31,32,36). The van der Waals surface area contributed by atoms with E-state index in [9.17, 15) is 14.4 Å². The zero-order valence-corrected chi connectivity index (χ0v) is 23.2. The van der Waals surface area contributed by atoms with Crippen molar-refractivity contribution in [3.63, 3.8) is 0 Å². The van der Waals surface area contributed by atoms with Gasteiger partial charge in [0.2, 0.25) is 11.8 Å². The number of rotatable bonds is 6. The molecular weight excluding hydrogens is 510 g/mol. The lowest BCUT2D eigenvalue weighted by atomic mass is 10.0. The SMILES string of the molecule is Cc1ccccc1C(=O)N1CCc2cc(-c3nc(NC(=O)CN4CCN(C(=O)C5CC5)CC4)sc3C)ccc21. The maximum absolute atomic E-state index is 13.2. The first kappa shape index (κ1) is 25.7. The number of fused-ring (bicyclic) bond motifs is 1. The van der Waals surface area contributed by atoms with Crippen molar-refractivity contribution >= 4 is 39.9 Å². The van der Waals surface area contributed by atoms with Gasteiger partial charge in [-0.05, 0) is 62.4 Å². The molecule has 1 aromatic heterocycles. The number of nitrogens with zero attached hydrogens (tertiary/aromatic N) is 4. The number of anilines is 2. The highest BCUT2D eigenvalue weighted by atomic mass is 32.1. The van der Waals surface area contributed by atoms with Crippen molar-refractivity contribution in [3.8, 4) is 11.3 Å². The Balaban J connectivity index is 1.09. The van der Waals surface area contributed by atoms with Crippen LogP contribution in [-0.2, 0) is 16.0 Å². The third kappa shape index (κ3) is 5.33. The molecule has 2 aliphatic heterocycles. The van der Waals surface area contributed by atoms with Crippen LogP contribution in [0.4, 0.5) is 10.8 Å². The van der Waals surface area contributed by atoms with E-state index in [0.717, 1.165) is 57.8 Å². The number of amides is 3. The summed E-state index contributed by atoms with van der Waals surface area (Å²) in [5.41, 5.74) is 5.64. The Hall–Kier alpha value is -3.56. The quantitative estimate of drug-likeness (QED) is 0.506. The number of aromatic nitrogens is 1. The number of nitrogens with one attached hydrogen (secondary N) is 1. The molecule has 3 amide bonds. The van der Waals surface area contributed by atoms with Crippen molar-refractivity contribution in [1.29, 1.82) is 0 Å². The fourth-order valence-electron chi connectivity index (χ4n) is 5.51. The van der Waals surface area contributed by atoms with Crippen LogP contribution >= 0.6 is 11.3 Å². The van der Waals surface area contributed by atoms with Gasteiger partial charge in [0.25, 0.3) is 5.91 Å². The second-order valence-corrected chi connectivity index (χ2v) is 11.9. The van der Waals surface area contributed by atoms with Gasteiger partial charge in [0.1, 0.15) is 0 Å². The lowest BCUT2D eigenvalue weighted by molar-refractivity contribution is -0.134. The Bertz CT molecular complexity index is 1440. The second kappa shape index (κ2) is 10.5. The van der Waals surface area contributed by atoms with Crippen molar-refractivity contribution < 1.29 is 14.4 Å². The number of carbonyl (C=O) groups is 3. The van der Waals surface area contributed by atoms with Crippen molar-refractivity contribution in [3.05, 3.63) is 64.0 Å². The van der Waals surface area contributed by atoms with E-state index in [1.165, 1.54) is 11.3 Å². The third-order valence-electron chi connectivity index (χ3n) is 7.89. The van der Waals surface area contributed by atoms with E-state index in [0.29, 0.717) is 44.4 Å². The average Bonchev–Trinajstić information content (AvgIpc) is 3.60. The molecule has 1 N–H and O–H groups in total. The topological polar surface area (TPSA) is 85.8 Å². The summed E-state index contributed by atoms with van der Waals surface area (Å²) in [6, 6.07) is 13.8. The van der Waals surface area contributed by atoms with Crippen molar-refractivity contribution in [2.45, 2.75) is 33.1 Å². The van der Waals surface area contributed by atoms with E-state index in [-0.39, 0.29) is 23.6 Å². The van der Waals surface area contributed by atoms with Crippen LogP contribution in [-0.4, -0.2) is 71.8 Å². The van der Waals surface area contributed by atoms with Gasteiger partial charge in [0.05, 0.1) is 12.2 Å². The van der Waals surface area contributed by atoms with Crippen LogP contribution in [0.1, 0.15) is 39.2 Å². The van der Waals surface area contributed by atoms with Crippen molar-refractivity contribution in [2.75, 3.05) is 49.5 Å². The number of carbonyl (C=O) groups excluding carboxylic acids is 3. The summed E-state index contributed by atoms with van der Waals surface area (Å²) >= 11 is 1.47. The van der Waals surface area contributed by atoms with Gasteiger partial charge in [-0.25, -0.2) is 4.98 Å². The first-order valence-corrected chi connectivity index (χ1v) is 14.5. The number of piperazine rings is 1. The first-order chi connectivity index (χ1) is 18.9. The monoisotopic (exact) mass is 543 g/mol. The zero-order valence-electron chi connectivity index (χ0n) is 22.4. The molecule has 0 spiro atoms. The smallest absolute Gasteiger partial charge is 0.258 e. The lowest BCUT2D eigenvalue weighted by Gasteiger charge is -2.34. The van der Waals surface area contributed by atoms with Gasteiger partial charge in [-0.1, -0.05) is 24.3 Å². The van der Waals surface area contributed by atoms with E-state index < -0.39 is 0 Å². The van der Waals surface area contributed by atoms with Crippen molar-refractivity contribution in [1.82, 2.24) is 14.8 Å². The van der Waals surface area contributed by atoms with Gasteiger partial charge in [0, 0.05) is 60.3 Å². The minimum absolute atomic E-state index is 0.0327. The van der Waals surface area contributed by atoms with Crippen LogP contribution in [0.15, 0.2) is 42.5 Å². The van der Waals surface area contributed by atoms with E-state index in [2.05, 4.69) is 16.3 Å². The maximum Gasteiger partial charge on any atom is 0.258 e. The minimum atomic E-state index is -0.0865. The molecule has 39 heavy (non-hydrogen) atoms. The average molecular weight is 544 g/mol. The van der Waals surface area contributed by atoms with Crippen LogP contribution in [0, 0.1) is 19.8 Å². The van der Waals surface area contributed by atoms with E-state index in [1.807, 2.05) is 60.0 Å². The molecule has 1 saturated heterocycles. The van der Waals surface area contributed by atoms with Crippen molar-refractivity contribution in [2.24, 2.45) is 5.92 Å². The largest absolute Gasteiger partial charge is 0.340 e. The summed E-state index contributed by atoms with van der Waals surface area (Å²) in [5.74, 6) is 0.469. The summed E-state index contributed by atoms with van der Waals surface area (Å²) in [5, 5.41) is 3.56. The minimum Gasteiger partial charge on any atom is -0.340 e. The predicted octanol–water partition coefficient (Wildman–Crippen LogP) is 4.12. The number of benzene rings is 2. The molecule has 3 aliphatic rings. The third-order valence-corrected chi connectivity index (χ3v) is 8.78. The van der Waals surface area contributed by atoms with Crippen LogP contribution in [0.5, 0.6) is 0 Å². The molecule has 0 bridgehead atoms. The molecule has 2 fully saturated rings. The Morgan fingerprint density at radius 1 is 1.00 bits per heavy atom. The summed E-state index contributed by atoms with van der Waals surface area (Å²) in [6.45, 7) is 7.74. The Labute approximate surface area is 232 Å². The molecule has 0 unspecified atom stereocenters. The molecule has 6 rings (SSSR count). The molecule has 9 heteroatoms. The molecule has 8 nitrogen and oxygen atoms in total. The summed E-state index contributed by atoms with van der Waals surface area (Å²) in [7, 11) is 0. The molecule has 1 aliphatic carbocycles. The molecule has 0 radical (unpaired) electrons. The van der Waals surface area contributed by atoms with Gasteiger partial charge < -0.3 is 15.1 Å². The molecule has 2 aromatic carbocycles.